The van der Waals surface area contributed by atoms with Gasteiger partial charge in [0.15, 0.2) is 28.6 Å². The van der Waals surface area contributed by atoms with Gasteiger partial charge in [0.05, 0.1) is 25.7 Å². The zero-order chi connectivity index (χ0) is 22.8. The molecule has 0 radical (unpaired) electrons. The quantitative estimate of drug-likeness (QED) is 0.411. The van der Waals surface area contributed by atoms with Crippen molar-refractivity contribution in [1.29, 1.82) is 0 Å². The van der Waals surface area contributed by atoms with Crippen LogP contribution in [0.3, 0.4) is 0 Å². The van der Waals surface area contributed by atoms with Crippen molar-refractivity contribution in [3.63, 3.8) is 0 Å². The van der Waals surface area contributed by atoms with Crippen LogP contribution in [0.1, 0.15) is 0 Å². The van der Waals surface area contributed by atoms with Crippen molar-refractivity contribution in [2.45, 2.75) is 5.16 Å². The summed E-state index contributed by atoms with van der Waals surface area (Å²) >= 11 is 1.24. The van der Waals surface area contributed by atoms with Crippen molar-refractivity contribution in [1.82, 2.24) is 19.8 Å². The van der Waals surface area contributed by atoms with Crippen LogP contribution in [0.4, 0.5) is 5.69 Å². The standard InChI is InChI=1S/C22H19N5O5S/c1-29-16-6-3-13(9-18(16)30-2)15-5-8-20-24-25-22(27(20)26-15)33-11-21(28)23-14-4-7-17-19(10-14)32-12-31-17/h3-10H,11-12H2,1-2H3,(H,23,28). The Labute approximate surface area is 192 Å². The predicted molar refractivity (Wildman–Crippen MR) is 121 cm³/mol. The second-order valence-electron chi connectivity index (χ2n) is 6.95. The number of carbonyl (C=O) groups is 1. The Hall–Kier alpha value is -3.99. The SMILES string of the molecule is COc1ccc(-c2ccc3nnc(SCC(=O)Nc4ccc5c(c4)OCO5)n3n2)cc1OC. The highest BCUT2D eigenvalue weighted by Gasteiger charge is 2.16. The fourth-order valence-electron chi connectivity index (χ4n) is 3.31. The number of nitrogens with zero attached hydrogens (tertiary/aromatic N) is 4. The lowest BCUT2D eigenvalue weighted by Gasteiger charge is -2.09. The number of methoxy groups -OCH3 is 2. The summed E-state index contributed by atoms with van der Waals surface area (Å²) in [6, 6.07) is 14.5. The maximum Gasteiger partial charge on any atom is 0.234 e. The van der Waals surface area contributed by atoms with Crippen molar-refractivity contribution in [3.8, 4) is 34.3 Å². The van der Waals surface area contributed by atoms with E-state index in [1.165, 1.54) is 11.8 Å². The van der Waals surface area contributed by atoms with E-state index < -0.39 is 0 Å². The molecule has 2 aromatic carbocycles. The average Bonchev–Trinajstić information content (AvgIpc) is 3.48. The molecule has 2 aromatic heterocycles. The molecule has 0 aliphatic carbocycles. The molecule has 3 heterocycles. The molecular formula is C22H19N5O5S. The molecule has 1 aliphatic rings. The molecule has 33 heavy (non-hydrogen) atoms. The number of rotatable bonds is 7. The minimum absolute atomic E-state index is 0.136. The Bertz CT molecular complexity index is 1340. The topological polar surface area (TPSA) is 109 Å². The Morgan fingerprint density at radius 1 is 1.03 bits per heavy atom. The van der Waals surface area contributed by atoms with Gasteiger partial charge in [0.1, 0.15) is 0 Å². The van der Waals surface area contributed by atoms with Gasteiger partial charge in [0.2, 0.25) is 17.9 Å². The molecule has 0 saturated carbocycles. The lowest BCUT2D eigenvalue weighted by Crippen LogP contribution is -2.14. The van der Waals surface area contributed by atoms with Crippen LogP contribution in [-0.4, -0.2) is 52.5 Å². The minimum atomic E-state index is -0.188. The van der Waals surface area contributed by atoms with Gasteiger partial charge in [-0.2, -0.15) is 9.61 Å². The van der Waals surface area contributed by atoms with Gasteiger partial charge < -0.3 is 24.3 Å². The number of anilines is 1. The summed E-state index contributed by atoms with van der Waals surface area (Å²) in [4.78, 5) is 12.5. The minimum Gasteiger partial charge on any atom is -0.493 e. The summed E-state index contributed by atoms with van der Waals surface area (Å²) in [6.07, 6.45) is 0. The highest BCUT2D eigenvalue weighted by Crippen LogP contribution is 2.34. The Balaban J connectivity index is 1.31. The van der Waals surface area contributed by atoms with Gasteiger partial charge in [0.25, 0.3) is 0 Å². The van der Waals surface area contributed by atoms with Crippen molar-refractivity contribution in [2.75, 3.05) is 32.1 Å². The van der Waals surface area contributed by atoms with E-state index in [9.17, 15) is 4.79 Å². The fraction of sp³-hybridized carbons (Fsp3) is 0.182. The van der Waals surface area contributed by atoms with Crippen LogP contribution in [0.25, 0.3) is 16.9 Å². The molecule has 10 nitrogen and oxygen atoms in total. The van der Waals surface area contributed by atoms with E-state index in [4.69, 9.17) is 18.9 Å². The molecule has 11 heteroatoms. The van der Waals surface area contributed by atoms with E-state index >= 15 is 0 Å². The van der Waals surface area contributed by atoms with Crippen LogP contribution in [0.2, 0.25) is 0 Å². The second-order valence-corrected chi connectivity index (χ2v) is 7.89. The van der Waals surface area contributed by atoms with Crippen LogP contribution in [0, 0.1) is 0 Å². The maximum atomic E-state index is 12.5. The lowest BCUT2D eigenvalue weighted by molar-refractivity contribution is -0.113. The summed E-state index contributed by atoms with van der Waals surface area (Å²) in [6.45, 7) is 0.181. The smallest absolute Gasteiger partial charge is 0.234 e. The molecular weight excluding hydrogens is 446 g/mol. The molecule has 1 N–H and O–H groups in total. The third-order valence-corrected chi connectivity index (χ3v) is 5.82. The van der Waals surface area contributed by atoms with E-state index in [1.807, 2.05) is 30.3 Å². The monoisotopic (exact) mass is 465 g/mol. The van der Waals surface area contributed by atoms with Gasteiger partial charge in [-0.25, -0.2) is 0 Å². The first kappa shape index (κ1) is 20.9. The van der Waals surface area contributed by atoms with Gasteiger partial charge in [-0.3, -0.25) is 4.79 Å². The zero-order valence-corrected chi connectivity index (χ0v) is 18.6. The van der Waals surface area contributed by atoms with E-state index in [0.717, 1.165) is 5.56 Å². The van der Waals surface area contributed by atoms with Crippen LogP contribution >= 0.6 is 11.8 Å². The van der Waals surface area contributed by atoms with Crippen LogP contribution < -0.4 is 24.3 Å². The summed E-state index contributed by atoms with van der Waals surface area (Å²) in [7, 11) is 3.17. The van der Waals surface area contributed by atoms with Crippen molar-refractivity contribution < 1.29 is 23.7 Å². The molecule has 0 fully saturated rings. The fourth-order valence-corrected chi connectivity index (χ4v) is 4.00. The van der Waals surface area contributed by atoms with E-state index in [2.05, 4.69) is 20.6 Å². The lowest BCUT2D eigenvalue weighted by atomic mass is 10.1. The summed E-state index contributed by atoms with van der Waals surface area (Å²) in [5.41, 5.74) is 2.76. The van der Waals surface area contributed by atoms with Crippen LogP contribution in [-0.2, 0) is 4.79 Å². The van der Waals surface area contributed by atoms with Crippen molar-refractivity contribution in [3.05, 3.63) is 48.5 Å². The molecule has 0 spiro atoms. The molecule has 5 rings (SSSR count). The molecule has 1 aliphatic heterocycles. The third-order valence-electron chi connectivity index (χ3n) is 4.90. The Morgan fingerprint density at radius 2 is 1.88 bits per heavy atom. The first-order chi connectivity index (χ1) is 16.1. The molecule has 0 atom stereocenters. The highest BCUT2D eigenvalue weighted by atomic mass is 32.2. The van der Waals surface area contributed by atoms with Crippen molar-refractivity contribution in [2.24, 2.45) is 0 Å². The number of aromatic nitrogens is 4. The number of thioether (sulfide) groups is 1. The van der Waals surface area contributed by atoms with E-state index in [-0.39, 0.29) is 18.5 Å². The van der Waals surface area contributed by atoms with E-state index in [0.29, 0.717) is 45.2 Å². The third kappa shape index (κ3) is 4.22. The molecule has 0 saturated heterocycles. The Kier molecular flexibility index (Phi) is 5.61. The summed E-state index contributed by atoms with van der Waals surface area (Å²) < 4.78 is 22.9. The van der Waals surface area contributed by atoms with Gasteiger partial charge in [-0.15, -0.1) is 10.2 Å². The van der Waals surface area contributed by atoms with Gasteiger partial charge >= 0.3 is 0 Å². The first-order valence-electron chi connectivity index (χ1n) is 9.92. The molecule has 4 aromatic rings. The Morgan fingerprint density at radius 3 is 2.73 bits per heavy atom. The number of benzene rings is 2. The van der Waals surface area contributed by atoms with E-state index in [1.54, 1.807) is 36.9 Å². The number of carbonyl (C=O) groups excluding carboxylic acids is 1. The maximum absolute atomic E-state index is 12.5. The zero-order valence-electron chi connectivity index (χ0n) is 17.8. The molecule has 0 unspecified atom stereocenters. The number of fused-ring (bicyclic) bond motifs is 2. The number of hydrogen-bond acceptors (Lipinski definition) is 9. The largest absolute Gasteiger partial charge is 0.493 e. The average molecular weight is 465 g/mol. The second kappa shape index (κ2) is 8.87. The van der Waals surface area contributed by atoms with Crippen LogP contribution in [0.15, 0.2) is 53.7 Å². The van der Waals surface area contributed by atoms with Gasteiger partial charge in [0, 0.05) is 17.3 Å². The number of ether oxygens (including phenoxy) is 4. The summed E-state index contributed by atoms with van der Waals surface area (Å²) in [5, 5.41) is 16.3. The van der Waals surface area contributed by atoms with Crippen molar-refractivity contribution >= 4 is 29.0 Å². The number of amides is 1. The summed E-state index contributed by atoms with van der Waals surface area (Å²) in [5.74, 6) is 2.46. The normalized spacial score (nSPS) is 12.1. The van der Waals surface area contributed by atoms with Gasteiger partial charge in [-0.05, 0) is 42.5 Å². The van der Waals surface area contributed by atoms with Crippen LogP contribution in [0.5, 0.6) is 23.0 Å². The first-order valence-corrected chi connectivity index (χ1v) is 10.9. The number of hydrogen-bond donors (Lipinski definition) is 1. The number of nitrogens with one attached hydrogen (secondary N) is 1. The predicted octanol–water partition coefficient (Wildman–Crippen LogP) is 3.27. The van der Waals surface area contributed by atoms with Gasteiger partial charge in [-0.1, -0.05) is 11.8 Å². The molecule has 168 valence electrons. The molecule has 1 amide bonds. The highest BCUT2D eigenvalue weighted by molar-refractivity contribution is 7.99. The molecule has 0 bridgehead atoms.